The van der Waals surface area contributed by atoms with Crippen molar-refractivity contribution in [3.05, 3.63) is 65.7 Å². The average Bonchev–Trinajstić information content (AvgIpc) is 3.16. The summed E-state index contributed by atoms with van der Waals surface area (Å²) < 4.78 is 6.96. The number of fused-ring (bicyclic) bond motifs is 1. The second-order valence-electron chi connectivity index (χ2n) is 7.54. The van der Waals surface area contributed by atoms with Gasteiger partial charge in [-0.15, -0.1) is 16.5 Å². The fourth-order valence-electron chi connectivity index (χ4n) is 3.24. The van der Waals surface area contributed by atoms with Crippen LogP contribution in [0.5, 0.6) is 11.5 Å². The smallest absolute Gasteiger partial charge is 0.150 e. The van der Waals surface area contributed by atoms with E-state index >= 15 is 0 Å². The molecule has 0 amide bonds. The first-order chi connectivity index (χ1) is 15.0. The zero-order chi connectivity index (χ0) is 21.8. The Morgan fingerprint density at radius 3 is 2.68 bits per heavy atom. The van der Waals surface area contributed by atoms with E-state index in [1.54, 1.807) is 29.5 Å². The number of aryl methyl sites for hydroxylation is 2. The SMILES string of the molecule is CCCCOc1cc(O)ccc1/N=N/c1ccc(-c2nc3ccc(C)cc3s2)c(C)c1. The third-order valence-corrected chi connectivity index (χ3v) is 6.01. The van der Waals surface area contributed by atoms with Crippen molar-refractivity contribution in [2.45, 2.75) is 33.6 Å². The molecular weight excluding hydrogens is 406 g/mol. The summed E-state index contributed by atoms with van der Waals surface area (Å²) in [5, 5.41) is 19.5. The molecule has 0 radical (unpaired) electrons. The number of nitrogens with zero attached hydrogens (tertiary/aromatic N) is 3. The molecule has 0 bridgehead atoms. The summed E-state index contributed by atoms with van der Waals surface area (Å²) in [6.07, 6.45) is 1.98. The summed E-state index contributed by atoms with van der Waals surface area (Å²) in [5.41, 5.74) is 5.81. The van der Waals surface area contributed by atoms with E-state index in [1.807, 2.05) is 18.2 Å². The fraction of sp³-hybridized carbons (Fsp3) is 0.240. The predicted octanol–water partition coefficient (Wildman–Crippen LogP) is 7.88. The lowest BCUT2D eigenvalue weighted by atomic mass is 10.1. The van der Waals surface area contributed by atoms with Gasteiger partial charge >= 0.3 is 0 Å². The fourth-order valence-corrected chi connectivity index (χ4v) is 4.39. The van der Waals surface area contributed by atoms with Crippen molar-refractivity contribution in [3.63, 3.8) is 0 Å². The summed E-state index contributed by atoms with van der Waals surface area (Å²) in [4.78, 5) is 4.79. The van der Waals surface area contributed by atoms with E-state index in [9.17, 15) is 5.11 Å². The number of benzene rings is 3. The standard InChI is InChI=1S/C25H25N3O2S/c1-4-5-12-30-23-15-19(29)8-11-21(23)28-27-18-7-9-20(17(3)14-18)25-26-22-10-6-16(2)13-24(22)31-25/h6-11,13-15,29H,4-5,12H2,1-3H3/b28-27+. The summed E-state index contributed by atoms with van der Waals surface area (Å²) in [6.45, 7) is 6.84. The number of aromatic nitrogens is 1. The van der Waals surface area contributed by atoms with Gasteiger partial charge in [0.1, 0.15) is 22.2 Å². The van der Waals surface area contributed by atoms with Crippen molar-refractivity contribution >= 4 is 32.9 Å². The number of aromatic hydroxyl groups is 1. The molecule has 4 aromatic rings. The van der Waals surface area contributed by atoms with Crippen molar-refractivity contribution in [2.75, 3.05) is 6.61 Å². The van der Waals surface area contributed by atoms with Crippen LogP contribution in [0.4, 0.5) is 11.4 Å². The largest absolute Gasteiger partial charge is 0.508 e. The van der Waals surface area contributed by atoms with E-state index in [0.717, 1.165) is 40.2 Å². The molecular formula is C25H25N3O2S. The maximum absolute atomic E-state index is 9.76. The molecule has 1 heterocycles. The second kappa shape index (κ2) is 9.27. The van der Waals surface area contributed by atoms with Crippen LogP contribution >= 0.6 is 11.3 Å². The van der Waals surface area contributed by atoms with E-state index in [4.69, 9.17) is 9.72 Å². The van der Waals surface area contributed by atoms with Crippen molar-refractivity contribution in [2.24, 2.45) is 10.2 Å². The van der Waals surface area contributed by atoms with E-state index in [-0.39, 0.29) is 5.75 Å². The summed E-state index contributed by atoms with van der Waals surface area (Å²) in [5.74, 6) is 0.687. The number of hydrogen-bond acceptors (Lipinski definition) is 6. The summed E-state index contributed by atoms with van der Waals surface area (Å²) >= 11 is 1.70. The van der Waals surface area contributed by atoms with Crippen LogP contribution in [-0.4, -0.2) is 16.7 Å². The molecule has 5 nitrogen and oxygen atoms in total. The molecule has 0 saturated heterocycles. The number of rotatable bonds is 7. The third-order valence-electron chi connectivity index (χ3n) is 4.96. The predicted molar refractivity (Wildman–Crippen MR) is 127 cm³/mol. The number of thiazole rings is 1. The third kappa shape index (κ3) is 4.91. The van der Waals surface area contributed by atoms with Crippen molar-refractivity contribution in [1.82, 2.24) is 4.98 Å². The Morgan fingerprint density at radius 1 is 1.00 bits per heavy atom. The minimum absolute atomic E-state index is 0.150. The number of ether oxygens (including phenoxy) is 1. The van der Waals surface area contributed by atoms with Crippen LogP contribution in [0.3, 0.4) is 0 Å². The van der Waals surface area contributed by atoms with Gasteiger partial charge in [0.05, 0.1) is 22.5 Å². The van der Waals surface area contributed by atoms with Crippen LogP contribution in [-0.2, 0) is 0 Å². The number of phenols is 1. The Kier molecular flexibility index (Phi) is 6.28. The molecule has 1 aromatic heterocycles. The molecule has 6 heteroatoms. The van der Waals surface area contributed by atoms with Gasteiger partial charge in [0.2, 0.25) is 0 Å². The quantitative estimate of drug-likeness (QED) is 0.239. The number of phenolic OH excluding ortho intramolecular Hbond substituents is 1. The topological polar surface area (TPSA) is 67.1 Å². The van der Waals surface area contributed by atoms with Crippen LogP contribution < -0.4 is 4.74 Å². The van der Waals surface area contributed by atoms with Gasteiger partial charge < -0.3 is 9.84 Å². The molecule has 158 valence electrons. The van der Waals surface area contributed by atoms with Crippen molar-refractivity contribution in [3.8, 4) is 22.1 Å². The van der Waals surface area contributed by atoms with Gasteiger partial charge in [-0.05, 0) is 73.9 Å². The van der Waals surface area contributed by atoms with Gasteiger partial charge in [-0.3, -0.25) is 0 Å². The molecule has 1 N–H and O–H groups in total. The Morgan fingerprint density at radius 2 is 1.87 bits per heavy atom. The minimum atomic E-state index is 0.150. The molecule has 4 rings (SSSR count). The monoisotopic (exact) mass is 431 g/mol. The lowest BCUT2D eigenvalue weighted by Crippen LogP contribution is -1.96. The molecule has 0 fully saturated rings. The number of unbranched alkanes of at least 4 members (excludes halogenated alkanes) is 1. The summed E-state index contributed by atoms with van der Waals surface area (Å²) in [6, 6.07) is 17.2. The van der Waals surface area contributed by atoms with Crippen molar-refractivity contribution in [1.29, 1.82) is 0 Å². The highest BCUT2D eigenvalue weighted by Crippen LogP contribution is 2.36. The van der Waals surface area contributed by atoms with E-state index in [0.29, 0.717) is 18.0 Å². The van der Waals surface area contributed by atoms with Gasteiger partial charge in [0, 0.05) is 11.6 Å². The van der Waals surface area contributed by atoms with Gasteiger partial charge in [-0.1, -0.05) is 19.4 Å². The van der Waals surface area contributed by atoms with Crippen LogP contribution in [0.2, 0.25) is 0 Å². The molecule has 0 atom stereocenters. The Balaban J connectivity index is 1.58. The first kappa shape index (κ1) is 21.0. The molecule has 0 aliphatic carbocycles. The second-order valence-corrected chi connectivity index (χ2v) is 8.57. The lowest BCUT2D eigenvalue weighted by molar-refractivity contribution is 0.308. The minimum Gasteiger partial charge on any atom is -0.508 e. The van der Waals surface area contributed by atoms with Crippen LogP contribution in [0.15, 0.2) is 64.8 Å². The number of hydrogen-bond donors (Lipinski definition) is 1. The highest BCUT2D eigenvalue weighted by molar-refractivity contribution is 7.21. The highest BCUT2D eigenvalue weighted by atomic mass is 32.1. The molecule has 31 heavy (non-hydrogen) atoms. The maximum atomic E-state index is 9.76. The first-order valence-electron chi connectivity index (χ1n) is 10.4. The van der Waals surface area contributed by atoms with E-state index in [2.05, 4.69) is 49.2 Å². The van der Waals surface area contributed by atoms with E-state index < -0.39 is 0 Å². The Labute approximate surface area is 186 Å². The molecule has 0 saturated carbocycles. The van der Waals surface area contributed by atoms with Gasteiger partial charge in [0.25, 0.3) is 0 Å². The Hall–Kier alpha value is -3.25. The average molecular weight is 432 g/mol. The molecule has 0 unspecified atom stereocenters. The molecule has 3 aromatic carbocycles. The summed E-state index contributed by atoms with van der Waals surface area (Å²) in [7, 11) is 0. The van der Waals surface area contributed by atoms with Gasteiger partial charge in [0.15, 0.2) is 0 Å². The van der Waals surface area contributed by atoms with Crippen molar-refractivity contribution < 1.29 is 9.84 Å². The van der Waals surface area contributed by atoms with E-state index in [1.165, 1.54) is 10.3 Å². The van der Waals surface area contributed by atoms with Gasteiger partial charge in [-0.25, -0.2) is 4.98 Å². The highest BCUT2D eigenvalue weighted by Gasteiger charge is 2.10. The zero-order valence-corrected chi connectivity index (χ0v) is 18.7. The number of azo groups is 1. The molecule has 0 aliphatic rings. The maximum Gasteiger partial charge on any atom is 0.150 e. The first-order valence-corrected chi connectivity index (χ1v) is 11.2. The zero-order valence-electron chi connectivity index (χ0n) is 17.9. The normalized spacial score (nSPS) is 11.5. The Bertz CT molecular complexity index is 1250. The lowest BCUT2D eigenvalue weighted by Gasteiger charge is -2.08. The van der Waals surface area contributed by atoms with Crippen LogP contribution in [0.25, 0.3) is 20.8 Å². The van der Waals surface area contributed by atoms with Crippen LogP contribution in [0, 0.1) is 13.8 Å². The van der Waals surface area contributed by atoms with Gasteiger partial charge in [-0.2, -0.15) is 5.11 Å². The molecule has 0 aliphatic heterocycles. The molecule has 0 spiro atoms. The van der Waals surface area contributed by atoms with Crippen LogP contribution in [0.1, 0.15) is 30.9 Å².